The maximum atomic E-state index is 12.2. The normalized spacial score (nSPS) is 12.7. The molecule has 0 aliphatic carbocycles. The lowest BCUT2D eigenvalue weighted by Gasteiger charge is -2.16. The van der Waals surface area contributed by atoms with E-state index in [1.165, 1.54) is 0 Å². The zero-order valence-electron chi connectivity index (χ0n) is 15.4. The summed E-state index contributed by atoms with van der Waals surface area (Å²) in [5.74, 6) is 0.00974. The standard InChI is InChI=1S/C21H25NO4/c1-4-25-19-12-10-18(11-13-19)22-21(24)16(3)26-20(23)14-15(2)17-8-6-5-7-9-17/h5-13,15-16H,4,14H2,1-3H3,(H,22,24)/t15-,16-/m0/s1. The molecule has 0 heterocycles. The highest BCUT2D eigenvalue weighted by Crippen LogP contribution is 2.20. The van der Waals surface area contributed by atoms with Crippen LogP contribution in [0.1, 0.15) is 38.7 Å². The molecule has 0 bridgehead atoms. The first-order chi connectivity index (χ1) is 12.5. The summed E-state index contributed by atoms with van der Waals surface area (Å²) < 4.78 is 10.6. The minimum Gasteiger partial charge on any atom is -0.494 e. The molecule has 5 heteroatoms. The largest absolute Gasteiger partial charge is 0.494 e. The molecule has 1 N–H and O–H groups in total. The molecular formula is C21H25NO4. The average molecular weight is 355 g/mol. The Morgan fingerprint density at radius 3 is 2.27 bits per heavy atom. The summed E-state index contributed by atoms with van der Waals surface area (Å²) in [4.78, 5) is 24.3. The van der Waals surface area contributed by atoms with Crippen molar-refractivity contribution in [2.45, 2.75) is 39.2 Å². The van der Waals surface area contributed by atoms with E-state index in [9.17, 15) is 9.59 Å². The summed E-state index contributed by atoms with van der Waals surface area (Å²) in [6, 6.07) is 16.8. The lowest BCUT2D eigenvalue weighted by Crippen LogP contribution is -2.30. The van der Waals surface area contributed by atoms with Gasteiger partial charge < -0.3 is 14.8 Å². The van der Waals surface area contributed by atoms with Crippen LogP contribution in [0.3, 0.4) is 0 Å². The highest BCUT2D eigenvalue weighted by Gasteiger charge is 2.20. The van der Waals surface area contributed by atoms with Gasteiger partial charge in [0.1, 0.15) is 5.75 Å². The molecule has 0 saturated carbocycles. The third-order valence-corrected chi connectivity index (χ3v) is 3.95. The Morgan fingerprint density at radius 1 is 1.00 bits per heavy atom. The third-order valence-electron chi connectivity index (χ3n) is 3.95. The lowest BCUT2D eigenvalue weighted by atomic mass is 9.98. The van der Waals surface area contributed by atoms with Crippen LogP contribution in [-0.2, 0) is 14.3 Å². The number of benzene rings is 2. The first-order valence-electron chi connectivity index (χ1n) is 8.77. The fourth-order valence-corrected chi connectivity index (χ4v) is 2.49. The van der Waals surface area contributed by atoms with E-state index < -0.39 is 12.1 Å². The van der Waals surface area contributed by atoms with Crippen molar-refractivity contribution in [3.63, 3.8) is 0 Å². The molecule has 2 rings (SSSR count). The van der Waals surface area contributed by atoms with E-state index in [1.54, 1.807) is 31.2 Å². The molecule has 0 aliphatic heterocycles. The number of hydrogen-bond acceptors (Lipinski definition) is 4. The van der Waals surface area contributed by atoms with Crippen molar-refractivity contribution < 1.29 is 19.1 Å². The molecule has 0 spiro atoms. The zero-order chi connectivity index (χ0) is 18.9. The van der Waals surface area contributed by atoms with Gasteiger partial charge in [-0.05, 0) is 49.6 Å². The number of nitrogens with one attached hydrogen (secondary N) is 1. The van der Waals surface area contributed by atoms with Gasteiger partial charge in [-0.25, -0.2) is 0 Å². The highest BCUT2D eigenvalue weighted by atomic mass is 16.5. The Kier molecular flexibility index (Phi) is 7.21. The molecule has 1 amide bonds. The second-order valence-corrected chi connectivity index (χ2v) is 6.09. The van der Waals surface area contributed by atoms with Crippen LogP contribution in [0.15, 0.2) is 54.6 Å². The zero-order valence-corrected chi connectivity index (χ0v) is 15.4. The molecule has 0 saturated heterocycles. The van der Waals surface area contributed by atoms with Crippen molar-refractivity contribution in [2.75, 3.05) is 11.9 Å². The Labute approximate surface area is 154 Å². The molecule has 0 unspecified atom stereocenters. The van der Waals surface area contributed by atoms with Crippen molar-refractivity contribution in [2.24, 2.45) is 0 Å². The third kappa shape index (κ3) is 5.92. The Hall–Kier alpha value is -2.82. The number of esters is 1. The highest BCUT2D eigenvalue weighted by molar-refractivity contribution is 5.95. The van der Waals surface area contributed by atoms with Crippen LogP contribution >= 0.6 is 0 Å². The number of anilines is 1. The number of amides is 1. The smallest absolute Gasteiger partial charge is 0.307 e. The quantitative estimate of drug-likeness (QED) is 0.723. The monoisotopic (exact) mass is 355 g/mol. The molecule has 0 fully saturated rings. The van der Waals surface area contributed by atoms with E-state index in [4.69, 9.17) is 9.47 Å². The Bertz CT molecular complexity index is 713. The van der Waals surface area contributed by atoms with E-state index in [2.05, 4.69) is 5.32 Å². The topological polar surface area (TPSA) is 64.6 Å². The van der Waals surface area contributed by atoms with Crippen LogP contribution in [-0.4, -0.2) is 24.6 Å². The predicted octanol–water partition coefficient (Wildman–Crippen LogP) is 4.15. The molecule has 2 atom stereocenters. The fourth-order valence-electron chi connectivity index (χ4n) is 2.49. The first-order valence-corrected chi connectivity index (χ1v) is 8.77. The second kappa shape index (κ2) is 9.61. The molecule has 138 valence electrons. The van der Waals surface area contributed by atoms with Gasteiger partial charge in [0.05, 0.1) is 13.0 Å². The van der Waals surface area contributed by atoms with Crippen molar-refractivity contribution in [1.82, 2.24) is 0 Å². The van der Waals surface area contributed by atoms with Crippen LogP contribution in [0.2, 0.25) is 0 Å². The lowest BCUT2D eigenvalue weighted by molar-refractivity contribution is -0.153. The molecule has 2 aromatic carbocycles. The van der Waals surface area contributed by atoms with E-state index in [0.717, 1.165) is 11.3 Å². The van der Waals surface area contributed by atoms with Crippen LogP contribution in [0.5, 0.6) is 5.75 Å². The van der Waals surface area contributed by atoms with Crippen molar-refractivity contribution in [1.29, 1.82) is 0 Å². The minimum absolute atomic E-state index is 0.0325. The molecule has 0 aliphatic rings. The summed E-state index contributed by atoms with van der Waals surface area (Å²) in [6.45, 7) is 6.01. The van der Waals surface area contributed by atoms with Crippen LogP contribution in [0.25, 0.3) is 0 Å². The van der Waals surface area contributed by atoms with Gasteiger partial charge >= 0.3 is 5.97 Å². The molecule has 0 aromatic heterocycles. The molecule has 26 heavy (non-hydrogen) atoms. The maximum absolute atomic E-state index is 12.2. The summed E-state index contributed by atoms with van der Waals surface area (Å²) in [5, 5.41) is 2.73. The Balaban J connectivity index is 1.83. The van der Waals surface area contributed by atoms with Crippen molar-refractivity contribution in [3.8, 4) is 5.75 Å². The fraction of sp³-hybridized carbons (Fsp3) is 0.333. The number of carbonyl (C=O) groups excluding carboxylic acids is 2. The van der Waals surface area contributed by atoms with E-state index in [0.29, 0.717) is 12.3 Å². The summed E-state index contributed by atoms with van der Waals surface area (Å²) in [5.41, 5.74) is 1.69. The summed E-state index contributed by atoms with van der Waals surface area (Å²) in [6.07, 6.45) is -0.637. The number of rotatable bonds is 8. The molecule has 0 radical (unpaired) electrons. The van der Waals surface area contributed by atoms with E-state index in [1.807, 2.05) is 44.2 Å². The van der Waals surface area contributed by atoms with Gasteiger partial charge in [0.2, 0.25) is 0 Å². The van der Waals surface area contributed by atoms with Gasteiger partial charge in [0.25, 0.3) is 5.91 Å². The van der Waals surface area contributed by atoms with Crippen molar-refractivity contribution >= 4 is 17.6 Å². The first kappa shape index (κ1) is 19.5. The molecular weight excluding hydrogens is 330 g/mol. The van der Waals surface area contributed by atoms with Gasteiger partial charge in [0.15, 0.2) is 6.10 Å². The second-order valence-electron chi connectivity index (χ2n) is 6.09. The van der Waals surface area contributed by atoms with Gasteiger partial charge in [-0.15, -0.1) is 0 Å². The van der Waals surface area contributed by atoms with E-state index >= 15 is 0 Å². The van der Waals surface area contributed by atoms with Gasteiger partial charge in [-0.2, -0.15) is 0 Å². The molecule has 5 nitrogen and oxygen atoms in total. The van der Waals surface area contributed by atoms with Gasteiger partial charge in [0, 0.05) is 5.69 Å². The number of ether oxygens (including phenoxy) is 2. The average Bonchev–Trinajstić information content (AvgIpc) is 2.64. The summed E-state index contributed by atoms with van der Waals surface area (Å²) >= 11 is 0. The van der Waals surface area contributed by atoms with Crippen LogP contribution in [0.4, 0.5) is 5.69 Å². The van der Waals surface area contributed by atoms with Crippen LogP contribution in [0, 0.1) is 0 Å². The van der Waals surface area contributed by atoms with Crippen LogP contribution < -0.4 is 10.1 Å². The number of carbonyl (C=O) groups is 2. The predicted molar refractivity (Wildman–Crippen MR) is 101 cm³/mol. The van der Waals surface area contributed by atoms with Gasteiger partial charge in [-0.1, -0.05) is 37.3 Å². The van der Waals surface area contributed by atoms with Crippen molar-refractivity contribution in [3.05, 3.63) is 60.2 Å². The maximum Gasteiger partial charge on any atom is 0.307 e. The number of hydrogen-bond donors (Lipinski definition) is 1. The molecule has 2 aromatic rings. The minimum atomic E-state index is -0.864. The summed E-state index contributed by atoms with van der Waals surface area (Å²) in [7, 11) is 0. The SMILES string of the molecule is CCOc1ccc(NC(=O)[C@H](C)OC(=O)C[C@H](C)c2ccccc2)cc1. The van der Waals surface area contributed by atoms with E-state index in [-0.39, 0.29) is 18.2 Å². The Morgan fingerprint density at radius 2 is 1.65 bits per heavy atom. The van der Waals surface area contributed by atoms with Gasteiger partial charge in [-0.3, -0.25) is 9.59 Å².